The molecule has 3 rings (SSSR count). The Morgan fingerprint density at radius 2 is 1.72 bits per heavy atom. The lowest BCUT2D eigenvalue weighted by molar-refractivity contribution is -0.152. The quantitative estimate of drug-likeness (QED) is 0.792. The number of aryl methyl sites for hydroxylation is 2. The molecule has 7 heteroatoms. The third-order valence-electron chi connectivity index (χ3n) is 5.00. The molecule has 1 N–H and O–H groups in total. The molecule has 0 radical (unpaired) electrons. The summed E-state index contributed by atoms with van der Waals surface area (Å²) in [6, 6.07) is 9.58. The maximum absolute atomic E-state index is 13.1. The van der Waals surface area contributed by atoms with E-state index in [0.29, 0.717) is 31.1 Å². The summed E-state index contributed by atoms with van der Waals surface area (Å²) in [7, 11) is 0. The average molecular weight is 400 g/mol. The van der Waals surface area contributed by atoms with Gasteiger partial charge in [0.15, 0.2) is 5.60 Å². The van der Waals surface area contributed by atoms with E-state index in [1.165, 1.54) is 26.0 Å². The van der Waals surface area contributed by atoms with Gasteiger partial charge in [0.1, 0.15) is 11.6 Å². The first-order valence-electron chi connectivity index (χ1n) is 9.43. The molecule has 2 amide bonds. The highest BCUT2D eigenvalue weighted by atomic mass is 19.1. The van der Waals surface area contributed by atoms with Crippen molar-refractivity contribution in [1.82, 2.24) is 4.90 Å². The zero-order valence-corrected chi connectivity index (χ0v) is 17.0. The lowest BCUT2D eigenvalue weighted by Crippen LogP contribution is -2.38. The Kier molecular flexibility index (Phi) is 5.50. The second-order valence-electron chi connectivity index (χ2n) is 7.81. The highest BCUT2D eigenvalue weighted by molar-refractivity contribution is 5.94. The largest absolute Gasteiger partial charge is 0.478 e. The van der Waals surface area contributed by atoms with E-state index in [1.54, 1.807) is 21.9 Å². The highest BCUT2D eigenvalue weighted by Crippen LogP contribution is 2.30. The fourth-order valence-corrected chi connectivity index (χ4v) is 3.40. The van der Waals surface area contributed by atoms with E-state index in [9.17, 15) is 19.1 Å². The minimum absolute atomic E-state index is 0.126. The van der Waals surface area contributed by atoms with E-state index in [4.69, 9.17) is 4.74 Å². The number of carboxylic acids is 1. The van der Waals surface area contributed by atoms with Crippen LogP contribution in [0.1, 0.15) is 30.5 Å². The molecule has 0 unspecified atom stereocenters. The van der Waals surface area contributed by atoms with Gasteiger partial charge in [0.25, 0.3) is 0 Å². The van der Waals surface area contributed by atoms with Gasteiger partial charge >= 0.3 is 12.0 Å². The summed E-state index contributed by atoms with van der Waals surface area (Å²) in [5, 5.41) is 9.30. The number of aliphatic carboxylic acids is 1. The van der Waals surface area contributed by atoms with Crippen molar-refractivity contribution in [3.8, 4) is 5.75 Å². The summed E-state index contributed by atoms with van der Waals surface area (Å²) in [6.07, 6.45) is 0. The third kappa shape index (κ3) is 4.34. The number of hydrogen-bond donors (Lipinski definition) is 1. The molecule has 29 heavy (non-hydrogen) atoms. The van der Waals surface area contributed by atoms with E-state index in [-0.39, 0.29) is 11.8 Å². The van der Waals surface area contributed by atoms with Gasteiger partial charge in [0.05, 0.1) is 0 Å². The van der Waals surface area contributed by atoms with Gasteiger partial charge in [-0.1, -0.05) is 12.1 Å². The van der Waals surface area contributed by atoms with Crippen molar-refractivity contribution in [2.75, 3.05) is 18.0 Å². The first kappa shape index (κ1) is 20.6. The second-order valence-corrected chi connectivity index (χ2v) is 7.81. The Morgan fingerprint density at radius 1 is 1.14 bits per heavy atom. The molecule has 1 heterocycles. The summed E-state index contributed by atoms with van der Waals surface area (Å²) in [6.45, 7) is 8.28. The van der Waals surface area contributed by atoms with E-state index < -0.39 is 11.6 Å². The molecular weight excluding hydrogens is 375 g/mol. The van der Waals surface area contributed by atoms with Gasteiger partial charge in [-0.05, 0) is 68.7 Å². The van der Waals surface area contributed by atoms with E-state index in [0.717, 1.165) is 16.7 Å². The molecular formula is C22H25FN2O4. The topological polar surface area (TPSA) is 70.1 Å². The second kappa shape index (κ2) is 7.73. The predicted molar refractivity (Wildman–Crippen MR) is 108 cm³/mol. The number of halogens is 1. The Morgan fingerprint density at radius 3 is 2.28 bits per heavy atom. The summed E-state index contributed by atoms with van der Waals surface area (Å²) in [5.41, 5.74) is 1.91. The van der Waals surface area contributed by atoms with Crippen molar-refractivity contribution >= 4 is 17.7 Å². The fourth-order valence-electron chi connectivity index (χ4n) is 3.40. The Bertz CT molecular complexity index is 917. The number of ether oxygens (including phenoxy) is 1. The van der Waals surface area contributed by atoms with E-state index in [1.807, 2.05) is 26.0 Å². The average Bonchev–Trinajstić information content (AvgIpc) is 2.99. The van der Waals surface area contributed by atoms with Crippen LogP contribution in [0.2, 0.25) is 0 Å². The van der Waals surface area contributed by atoms with Gasteiger partial charge < -0.3 is 14.7 Å². The van der Waals surface area contributed by atoms with Crippen LogP contribution < -0.4 is 9.64 Å². The molecule has 0 spiro atoms. The lowest BCUT2D eigenvalue weighted by atomic mass is 10.0. The van der Waals surface area contributed by atoms with Crippen LogP contribution in [0, 0.1) is 19.7 Å². The van der Waals surface area contributed by atoms with Crippen LogP contribution in [0.4, 0.5) is 14.9 Å². The number of carbonyl (C=O) groups excluding carboxylic acids is 1. The number of nitrogens with zero attached hydrogens (tertiary/aromatic N) is 2. The fraction of sp³-hybridized carbons (Fsp3) is 0.364. The Labute approximate surface area is 169 Å². The first-order chi connectivity index (χ1) is 13.6. The number of benzene rings is 2. The van der Waals surface area contributed by atoms with Gasteiger partial charge in [-0.3, -0.25) is 4.90 Å². The van der Waals surface area contributed by atoms with Gasteiger partial charge in [0.2, 0.25) is 0 Å². The monoisotopic (exact) mass is 400 g/mol. The molecule has 1 aliphatic rings. The minimum atomic E-state index is -1.34. The number of carbonyl (C=O) groups is 2. The molecule has 1 saturated heterocycles. The normalized spacial score (nSPS) is 14.4. The molecule has 2 aromatic rings. The summed E-state index contributed by atoms with van der Waals surface area (Å²) in [4.78, 5) is 27.5. The van der Waals surface area contributed by atoms with Gasteiger partial charge in [-0.2, -0.15) is 0 Å². The molecule has 0 atom stereocenters. The third-order valence-corrected chi connectivity index (χ3v) is 5.00. The number of anilines is 1. The van der Waals surface area contributed by atoms with Crippen molar-refractivity contribution in [1.29, 1.82) is 0 Å². The minimum Gasteiger partial charge on any atom is -0.478 e. The van der Waals surface area contributed by atoms with Gasteiger partial charge in [0, 0.05) is 25.3 Å². The molecule has 154 valence electrons. The van der Waals surface area contributed by atoms with Gasteiger partial charge in [-0.25, -0.2) is 14.0 Å². The van der Waals surface area contributed by atoms with E-state index in [2.05, 4.69) is 0 Å². The number of hydrogen-bond acceptors (Lipinski definition) is 3. The van der Waals surface area contributed by atoms with Crippen LogP contribution in [0.25, 0.3) is 0 Å². The number of amides is 2. The summed E-state index contributed by atoms with van der Waals surface area (Å²) in [5.74, 6) is -0.831. The molecule has 1 aliphatic heterocycles. The van der Waals surface area contributed by atoms with Crippen molar-refractivity contribution in [3.05, 3.63) is 58.9 Å². The van der Waals surface area contributed by atoms with Crippen LogP contribution in [0.15, 0.2) is 36.4 Å². The summed E-state index contributed by atoms with van der Waals surface area (Å²) >= 11 is 0. The predicted octanol–water partition coefficient (Wildman–Crippen LogP) is 4.13. The van der Waals surface area contributed by atoms with Crippen LogP contribution >= 0.6 is 0 Å². The number of rotatable bonds is 6. The number of urea groups is 1. The zero-order valence-electron chi connectivity index (χ0n) is 17.0. The van der Waals surface area contributed by atoms with Crippen LogP contribution in [-0.4, -0.2) is 40.7 Å². The molecule has 2 aromatic carbocycles. The van der Waals surface area contributed by atoms with Crippen molar-refractivity contribution in [3.63, 3.8) is 0 Å². The standard InChI is InChI=1S/C22H25FN2O4/c1-14-11-16(12-15(2)19(14)29-22(3,4)20(26)27)13-24-9-10-25(21(24)28)18-7-5-17(23)6-8-18/h5-8,11-12H,9-10,13H2,1-4H3,(H,26,27). The Balaban J connectivity index is 1.75. The highest BCUT2D eigenvalue weighted by Gasteiger charge is 2.32. The molecule has 0 saturated carbocycles. The maximum atomic E-state index is 13.1. The lowest BCUT2D eigenvalue weighted by Gasteiger charge is -2.25. The Hall–Kier alpha value is -3.09. The van der Waals surface area contributed by atoms with Crippen LogP contribution in [0.5, 0.6) is 5.75 Å². The van der Waals surface area contributed by atoms with Crippen LogP contribution in [-0.2, 0) is 11.3 Å². The maximum Gasteiger partial charge on any atom is 0.347 e. The van der Waals surface area contributed by atoms with Crippen molar-refractivity contribution in [2.24, 2.45) is 0 Å². The number of carboxylic acid groups (broad SMARTS) is 1. The van der Waals surface area contributed by atoms with Crippen molar-refractivity contribution < 1.29 is 23.8 Å². The van der Waals surface area contributed by atoms with E-state index >= 15 is 0 Å². The zero-order chi connectivity index (χ0) is 21.3. The molecule has 6 nitrogen and oxygen atoms in total. The smallest absolute Gasteiger partial charge is 0.347 e. The summed E-state index contributed by atoms with van der Waals surface area (Å²) < 4.78 is 18.9. The first-order valence-corrected chi connectivity index (χ1v) is 9.43. The molecule has 0 aromatic heterocycles. The molecule has 0 aliphatic carbocycles. The molecule has 0 bridgehead atoms. The SMILES string of the molecule is Cc1cc(CN2CCN(c3ccc(F)cc3)C2=O)cc(C)c1OC(C)(C)C(=O)O. The van der Waals surface area contributed by atoms with Crippen molar-refractivity contribution in [2.45, 2.75) is 39.8 Å². The molecule has 1 fully saturated rings. The van der Waals surface area contributed by atoms with Gasteiger partial charge in [-0.15, -0.1) is 0 Å². The van der Waals surface area contributed by atoms with Crippen LogP contribution in [0.3, 0.4) is 0 Å².